The van der Waals surface area contributed by atoms with Crippen molar-refractivity contribution in [1.82, 2.24) is 9.97 Å². The molecular weight excluding hydrogens is 302 g/mol. The summed E-state index contributed by atoms with van der Waals surface area (Å²) < 4.78 is 6.57. The van der Waals surface area contributed by atoms with Crippen molar-refractivity contribution >= 4 is 34.1 Å². The van der Waals surface area contributed by atoms with Gasteiger partial charge in [0.2, 0.25) is 5.95 Å². The molecule has 1 N–H and O–H groups in total. The van der Waals surface area contributed by atoms with Crippen molar-refractivity contribution < 1.29 is 4.74 Å². The third-order valence-corrected chi connectivity index (χ3v) is 4.28. The molecule has 1 aliphatic rings. The van der Waals surface area contributed by atoms with Crippen LogP contribution in [0.1, 0.15) is 25.0 Å². The van der Waals surface area contributed by atoms with Crippen molar-refractivity contribution in [3.05, 3.63) is 14.8 Å². The van der Waals surface area contributed by atoms with Crippen LogP contribution in [0.5, 0.6) is 0 Å². The molecule has 6 heteroatoms. The Labute approximate surface area is 115 Å². The number of anilines is 1. The Morgan fingerprint density at radius 1 is 1.41 bits per heavy atom. The molecule has 17 heavy (non-hydrogen) atoms. The van der Waals surface area contributed by atoms with Crippen molar-refractivity contribution in [3.8, 4) is 0 Å². The molecule has 0 amide bonds. The number of H-pyrrole nitrogens is 1. The highest BCUT2D eigenvalue weighted by Crippen LogP contribution is 2.21. The molecule has 1 aliphatic heterocycles. The number of piperidine rings is 1. The van der Waals surface area contributed by atoms with E-state index in [1.54, 1.807) is 7.11 Å². The zero-order chi connectivity index (χ0) is 12.3. The first-order valence-electron chi connectivity index (χ1n) is 5.75. The molecule has 1 aromatic heterocycles. The number of methoxy groups -OCH3 is 1. The van der Waals surface area contributed by atoms with E-state index in [4.69, 9.17) is 17.0 Å². The summed E-state index contributed by atoms with van der Waals surface area (Å²) in [7, 11) is 1.67. The molecule has 2 heterocycles. The molecule has 0 aliphatic carbocycles. The first-order valence-corrected chi connectivity index (χ1v) is 6.95. The normalized spacial score (nSPS) is 16.2. The van der Waals surface area contributed by atoms with Gasteiger partial charge in [0.05, 0.1) is 16.8 Å². The fourth-order valence-corrected chi connectivity index (χ4v) is 2.50. The van der Waals surface area contributed by atoms with Crippen LogP contribution in [0.4, 0.5) is 5.95 Å². The van der Waals surface area contributed by atoms with Crippen LogP contribution in [0.15, 0.2) is 4.47 Å². The summed E-state index contributed by atoms with van der Waals surface area (Å²) >= 11 is 8.69. The Morgan fingerprint density at radius 3 is 2.76 bits per heavy atom. The van der Waals surface area contributed by atoms with E-state index in [0.29, 0.717) is 11.2 Å². The van der Waals surface area contributed by atoms with Crippen LogP contribution in [-0.4, -0.2) is 30.2 Å². The minimum Gasteiger partial charge on any atom is -0.378 e. The second-order valence-electron chi connectivity index (χ2n) is 4.14. The molecule has 0 saturated carbocycles. The molecule has 1 fully saturated rings. The SMILES string of the molecule is COCc1[nH]c(N2CCCCC2)nc(=S)c1Br. The van der Waals surface area contributed by atoms with Gasteiger partial charge in [0.15, 0.2) is 0 Å². The summed E-state index contributed by atoms with van der Waals surface area (Å²) in [4.78, 5) is 9.98. The maximum Gasteiger partial charge on any atom is 0.204 e. The molecule has 2 rings (SSSR count). The van der Waals surface area contributed by atoms with Gasteiger partial charge in [-0.1, -0.05) is 12.2 Å². The number of aromatic nitrogens is 2. The highest BCUT2D eigenvalue weighted by molar-refractivity contribution is 9.10. The fraction of sp³-hybridized carbons (Fsp3) is 0.636. The number of ether oxygens (including phenoxy) is 1. The van der Waals surface area contributed by atoms with Gasteiger partial charge in [-0.25, -0.2) is 4.98 Å². The quantitative estimate of drug-likeness (QED) is 0.870. The Hall–Kier alpha value is -0.460. The van der Waals surface area contributed by atoms with Gasteiger partial charge in [-0.2, -0.15) is 0 Å². The molecule has 0 spiro atoms. The predicted molar refractivity (Wildman–Crippen MR) is 73.9 cm³/mol. The lowest BCUT2D eigenvalue weighted by Crippen LogP contribution is -2.31. The number of aromatic amines is 1. The van der Waals surface area contributed by atoms with Crippen LogP contribution in [0.25, 0.3) is 0 Å². The number of nitrogens with zero attached hydrogens (tertiary/aromatic N) is 2. The average molecular weight is 318 g/mol. The molecule has 94 valence electrons. The summed E-state index contributed by atoms with van der Waals surface area (Å²) in [5.74, 6) is 0.866. The zero-order valence-corrected chi connectivity index (χ0v) is 12.2. The van der Waals surface area contributed by atoms with Crippen LogP contribution in [0, 0.1) is 4.64 Å². The Morgan fingerprint density at radius 2 is 2.12 bits per heavy atom. The van der Waals surface area contributed by atoms with Crippen LogP contribution >= 0.6 is 28.1 Å². The van der Waals surface area contributed by atoms with E-state index in [2.05, 4.69) is 30.8 Å². The van der Waals surface area contributed by atoms with Crippen LogP contribution < -0.4 is 4.90 Å². The maximum absolute atomic E-state index is 5.25. The van der Waals surface area contributed by atoms with Crippen molar-refractivity contribution in [2.75, 3.05) is 25.1 Å². The minimum atomic E-state index is 0.508. The monoisotopic (exact) mass is 317 g/mol. The lowest BCUT2D eigenvalue weighted by molar-refractivity contribution is 0.180. The summed E-state index contributed by atoms with van der Waals surface area (Å²) in [6.07, 6.45) is 3.74. The largest absolute Gasteiger partial charge is 0.378 e. The van der Waals surface area contributed by atoms with Gasteiger partial charge >= 0.3 is 0 Å². The number of nitrogens with one attached hydrogen (secondary N) is 1. The number of hydrogen-bond acceptors (Lipinski definition) is 4. The highest BCUT2D eigenvalue weighted by atomic mass is 79.9. The van der Waals surface area contributed by atoms with Crippen LogP contribution in [-0.2, 0) is 11.3 Å². The van der Waals surface area contributed by atoms with Crippen LogP contribution in [0.2, 0.25) is 0 Å². The molecule has 1 aromatic rings. The van der Waals surface area contributed by atoms with Gasteiger partial charge in [0, 0.05) is 20.2 Å². The maximum atomic E-state index is 5.25. The first-order chi connectivity index (χ1) is 8.22. The zero-order valence-electron chi connectivity index (χ0n) is 9.83. The van der Waals surface area contributed by atoms with Gasteiger partial charge in [-0.05, 0) is 35.2 Å². The van der Waals surface area contributed by atoms with E-state index >= 15 is 0 Å². The summed E-state index contributed by atoms with van der Waals surface area (Å²) in [6.45, 7) is 2.60. The van der Waals surface area contributed by atoms with Gasteiger partial charge in [-0.15, -0.1) is 0 Å². The van der Waals surface area contributed by atoms with Crippen LogP contribution in [0.3, 0.4) is 0 Å². The van der Waals surface area contributed by atoms with E-state index in [-0.39, 0.29) is 0 Å². The molecular formula is C11H16BrN3OS. The third-order valence-electron chi connectivity index (χ3n) is 2.87. The Bertz CT molecular complexity index is 443. The molecule has 0 bridgehead atoms. The fourth-order valence-electron chi connectivity index (χ4n) is 1.99. The lowest BCUT2D eigenvalue weighted by Gasteiger charge is -2.27. The van der Waals surface area contributed by atoms with E-state index < -0.39 is 0 Å². The first kappa shape index (κ1) is 13.0. The number of hydrogen-bond donors (Lipinski definition) is 1. The minimum absolute atomic E-state index is 0.508. The van der Waals surface area contributed by atoms with E-state index in [9.17, 15) is 0 Å². The summed E-state index contributed by atoms with van der Waals surface area (Å²) in [6, 6.07) is 0. The van der Waals surface area contributed by atoms with Crippen molar-refractivity contribution in [3.63, 3.8) is 0 Å². The van der Waals surface area contributed by atoms with E-state index in [1.165, 1.54) is 19.3 Å². The summed E-state index contributed by atoms with van der Waals surface area (Å²) in [5, 5.41) is 0. The summed E-state index contributed by atoms with van der Waals surface area (Å²) in [5.41, 5.74) is 0.952. The third kappa shape index (κ3) is 3.05. The Balaban J connectivity index is 2.30. The predicted octanol–water partition coefficient (Wildman–Crippen LogP) is 3.04. The van der Waals surface area contributed by atoms with E-state index in [0.717, 1.165) is 29.2 Å². The van der Waals surface area contributed by atoms with E-state index in [1.807, 2.05) is 0 Å². The van der Waals surface area contributed by atoms with Gasteiger partial charge in [0.25, 0.3) is 0 Å². The molecule has 1 saturated heterocycles. The average Bonchev–Trinajstić information content (AvgIpc) is 2.36. The van der Waals surface area contributed by atoms with Crippen molar-refractivity contribution in [2.45, 2.75) is 25.9 Å². The topological polar surface area (TPSA) is 41.1 Å². The second kappa shape index (κ2) is 5.93. The number of halogens is 1. The number of rotatable bonds is 3. The highest BCUT2D eigenvalue weighted by Gasteiger charge is 2.15. The Kier molecular flexibility index (Phi) is 4.53. The smallest absolute Gasteiger partial charge is 0.204 e. The molecule has 0 radical (unpaired) electrons. The lowest BCUT2D eigenvalue weighted by atomic mass is 10.1. The van der Waals surface area contributed by atoms with Gasteiger partial charge in [-0.3, -0.25) is 0 Å². The standard InChI is InChI=1S/C11H16BrN3OS/c1-16-7-8-9(12)10(17)14-11(13-8)15-5-3-2-4-6-15/h2-7H2,1H3,(H,13,14,17). The molecule has 0 unspecified atom stereocenters. The molecule has 0 atom stereocenters. The van der Waals surface area contributed by atoms with Crippen molar-refractivity contribution in [1.29, 1.82) is 0 Å². The molecule has 4 nitrogen and oxygen atoms in total. The van der Waals surface area contributed by atoms with Crippen molar-refractivity contribution in [2.24, 2.45) is 0 Å². The van der Waals surface area contributed by atoms with Gasteiger partial charge in [0.1, 0.15) is 4.64 Å². The second-order valence-corrected chi connectivity index (χ2v) is 5.32. The van der Waals surface area contributed by atoms with Gasteiger partial charge < -0.3 is 14.6 Å². The molecule has 0 aromatic carbocycles.